The van der Waals surface area contributed by atoms with Gasteiger partial charge in [-0.05, 0) is 49.1 Å². The zero-order valence-electron chi connectivity index (χ0n) is 12.7. The molecule has 0 radical (unpaired) electrons. The second-order valence-electron chi connectivity index (χ2n) is 6.43. The highest BCUT2D eigenvalue weighted by atomic mass is 16.5. The van der Waals surface area contributed by atoms with E-state index in [-0.39, 0.29) is 11.8 Å². The van der Waals surface area contributed by atoms with Crippen molar-refractivity contribution in [2.45, 2.75) is 51.4 Å². The smallest absolute Gasteiger partial charge is 0.307 e. The summed E-state index contributed by atoms with van der Waals surface area (Å²) >= 11 is 0. The summed E-state index contributed by atoms with van der Waals surface area (Å²) in [6.45, 7) is 2.96. The maximum atomic E-state index is 11.7. The third-order valence-electron chi connectivity index (χ3n) is 5.22. The SMILES string of the molecule is CCC1CCC(C(=O)O)C(c2cccc3c2OCCC3)C1. The summed E-state index contributed by atoms with van der Waals surface area (Å²) in [5.41, 5.74) is 2.39. The minimum absolute atomic E-state index is 0.106. The highest BCUT2D eigenvalue weighted by molar-refractivity contribution is 5.72. The number of para-hydroxylation sites is 1. The number of carbonyl (C=O) groups is 1. The molecular weight excluding hydrogens is 264 g/mol. The van der Waals surface area contributed by atoms with Gasteiger partial charge in [-0.2, -0.15) is 0 Å². The molecule has 0 spiro atoms. The van der Waals surface area contributed by atoms with Gasteiger partial charge in [-0.3, -0.25) is 4.79 Å². The van der Waals surface area contributed by atoms with Gasteiger partial charge in [0.15, 0.2) is 0 Å². The number of hydrogen-bond donors (Lipinski definition) is 1. The molecule has 3 atom stereocenters. The lowest BCUT2D eigenvalue weighted by Crippen LogP contribution is -2.30. The van der Waals surface area contributed by atoms with Gasteiger partial charge in [0.1, 0.15) is 5.75 Å². The molecule has 3 nitrogen and oxygen atoms in total. The van der Waals surface area contributed by atoms with Gasteiger partial charge in [-0.15, -0.1) is 0 Å². The summed E-state index contributed by atoms with van der Waals surface area (Å²) in [6, 6.07) is 6.27. The molecule has 1 aromatic carbocycles. The van der Waals surface area contributed by atoms with Gasteiger partial charge in [-0.1, -0.05) is 31.5 Å². The van der Waals surface area contributed by atoms with Crippen molar-refractivity contribution in [3.05, 3.63) is 29.3 Å². The number of benzene rings is 1. The zero-order chi connectivity index (χ0) is 14.8. The predicted octanol–water partition coefficient (Wildman–Crippen LogP) is 4.01. The molecule has 0 aromatic heterocycles. The Labute approximate surface area is 126 Å². The quantitative estimate of drug-likeness (QED) is 0.914. The molecule has 21 heavy (non-hydrogen) atoms. The highest BCUT2D eigenvalue weighted by Crippen LogP contribution is 2.46. The van der Waals surface area contributed by atoms with E-state index in [4.69, 9.17) is 4.74 Å². The topological polar surface area (TPSA) is 46.5 Å². The Morgan fingerprint density at radius 3 is 3.00 bits per heavy atom. The van der Waals surface area contributed by atoms with Gasteiger partial charge in [0.05, 0.1) is 12.5 Å². The Morgan fingerprint density at radius 1 is 1.38 bits per heavy atom. The third-order valence-corrected chi connectivity index (χ3v) is 5.22. The lowest BCUT2D eigenvalue weighted by Gasteiger charge is -2.35. The van der Waals surface area contributed by atoms with Crippen LogP contribution in [0, 0.1) is 11.8 Å². The molecule has 1 N–H and O–H groups in total. The van der Waals surface area contributed by atoms with E-state index in [1.807, 2.05) is 0 Å². The number of aliphatic carboxylic acids is 1. The molecule has 1 saturated carbocycles. The first kappa shape index (κ1) is 14.4. The maximum absolute atomic E-state index is 11.7. The summed E-state index contributed by atoms with van der Waals surface area (Å²) in [5.74, 6) is 0.823. The normalized spacial score (nSPS) is 28.5. The molecule has 0 bridgehead atoms. The summed E-state index contributed by atoms with van der Waals surface area (Å²) in [7, 11) is 0. The average Bonchev–Trinajstić information content (AvgIpc) is 2.53. The number of aryl methyl sites for hydroxylation is 1. The van der Waals surface area contributed by atoms with Crippen molar-refractivity contribution in [1.29, 1.82) is 0 Å². The van der Waals surface area contributed by atoms with E-state index in [1.54, 1.807) is 0 Å². The Balaban J connectivity index is 1.97. The number of fused-ring (bicyclic) bond motifs is 1. The van der Waals surface area contributed by atoms with Crippen molar-refractivity contribution in [1.82, 2.24) is 0 Å². The predicted molar refractivity (Wildman–Crippen MR) is 81.8 cm³/mol. The van der Waals surface area contributed by atoms with Crippen LogP contribution in [0.5, 0.6) is 5.75 Å². The van der Waals surface area contributed by atoms with E-state index in [9.17, 15) is 9.90 Å². The minimum atomic E-state index is -0.650. The molecule has 3 rings (SSSR count). The van der Waals surface area contributed by atoms with Gasteiger partial charge < -0.3 is 9.84 Å². The molecule has 1 heterocycles. The molecule has 114 valence electrons. The molecule has 0 amide bonds. The molecule has 1 aromatic rings. The highest BCUT2D eigenvalue weighted by Gasteiger charge is 2.37. The van der Waals surface area contributed by atoms with Gasteiger partial charge in [-0.25, -0.2) is 0 Å². The van der Waals surface area contributed by atoms with E-state index >= 15 is 0 Å². The van der Waals surface area contributed by atoms with E-state index in [0.717, 1.165) is 56.4 Å². The lowest BCUT2D eigenvalue weighted by molar-refractivity contribution is -0.143. The Hall–Kier alpha value is -1.51. The average molecular weight is 288 g/mol. The van der Waals surface area contributed by atoms with Crippen LogP contribution in [0.25, 0.3) is 0 Å². The number of hydrogen-bond acceptors (Lipinski definition) is 2. The fourth-order valence-electron chi connectivity index (χ4n) is 3.97. The van der Waals surface area contributed by atoms with E-state index < -0.39 is 5.97 Å². The van der Waals surface area contributed by atoms with Gasteiger partial charge >= 0.3 is 5.97 Å². The molecular formula is C18H24O3. The third kappa shape index (κ3) is 2.78. The van der Waals surface area contributed by atoms with Gasteiger partial charge in [0, 0.05) is 5.92 Å². The molecule has 2 aliphatic rings. The van der Waals surface area contributed by atoms with Crippen LogP contribution in [0.3, 0.4) is 0 Å². The Kier molecular flexibility index (Phi) is 4.18. The largest absolute Gasteiger partial charge is 0.493 e. The molecule has 3 unspecified atom stereocenters. The zero-order valence-corrected chi connectivity index (χ0v) is 12.7. The van der Waals surface area contributed by atoms with E-state index in [1.165, 1.54) is 5.56 Å². The Morgan fingerprint density at radius 2 is 2.24 bits per heavy atom. The van der Waals surface area contributed by atoms with Crippen LogP contribution in [0.15, 0.2) is 18.2 Å². The molecule has 1 aliphatic carbocycles. The fraction of sp³-hybridized carbons (Fsp3) is 0.611. The van der Waals surface area contributed by atoms with Crippen molar-refractivity contribution in [2.24, 2.45) is 11.8 Å². The number of carboxylic acids is 1. The lowest BCUT2D eigenvalue weighted by atomic mass is 9.70. The summed E-state index contributed by atoms with van der Waals surface area (Å²) in [6.07, 6.45) is 6.06. The van der Waals surface area contributed by atoms with Crippen LogP contribution < -0.4 is 4.74 Å². The van der Waals surface area contributed by atoms with Crippen molar-refractivity contribution in [3.8, 4) is 5.75 Å². The summed E-state index contributed by atoms with van der Waals surface area (Å²) in [5, 5.41) is 9.59. The Bertz CT molecular complexity index is 523. The van der Waals surface area contributed by atoms with E-state index in [0.29, 0.717) is 5.92 Å². The number of carboxylic acid groups (broad SMARTS) is 1. The first-order valence-corrected chi connectivity index (χ1v) is 8.18. The first-order chi connectivity index (χ1) is 10.2. The first-order valence-electron chi connectivity index (χ1n) is 8.18. The monoisotopic (exact) mass is 288 g/mol. The molecule has 1 aliphatic heterocycles. The minimum Gasteiger partial charge on any atom is -0.493 e. The van der Waals surface area contributed by atoms with E-state index in [2.05, 4.69) is 25.1 Å². The van der Waals surface area contributed by atoms with Crippen molar-refractivity contribution < 1.29 is 14.6 Å². The van der Waals surface area contributed by atoms with Crippen molar-refractivity contribution in [3.63, 3.8) is 0 Å². The number of ether oxygens (including phenoxy) is 1. The van der Waals surface area contributed by atoms with Crippen LogP contribution >= 0.6 is 0 Å². The molecule has 1 fully saturated rings. The second kappa shape index (κ2) is 6.08. The van der Waals surface area contributed by atoms with Crippen LogP contribution in [-0.2, 0) is 11.2 Å². The molecule has 0 saturated heterocycles. The standard InChI is InChI=1S/C18H24O3/c1-2-12-8-9-15(18(19)20)16(11-12)14-7-3-5-13-6-4-10-21-17(13)14/h3,5,7,12,15-16H,2,4,6,8-11H2,1H3,(H,19,20). The number of rotatable bonds is 3. The summed E-state index contributed by atoms with van der Waals surface area (Å²) < 4.78 is 5.91. The van der Waals surface area contributed by atoms with Crippen LogP contribution in [-0.4, -0.2) is 17.7 Å². The second-order valence-corrected chi connectivity index (χ2v) is 6.43. The van der Waals surface area contributed by atoms with Crippen molar-refractivity contribution >= 4 is 5.97 Å². The van der Waals surface area contributed by atoms with Crippen LogP contribution in [0.4, 0.5) is 0 Å². The van der Waals surface area contributed by atoms with Crippen LogP contribution in [0.2, 0.25) is 0 Å². The fourth-order valence-corrected chi connectivity index (χ4v) is 3.97. The maximum Gasteiger partial charge on any atom is 0.307 e. The van der Waals surface area contributed by atoms with Gasteiger partial charge in [0.2, 0.25) is 0 Å². The van der Waals surface area contributed by atoms with Crippen molar-refractivity contribution in [2.75, 3.05) is 6.61 Å². The van der Waals surface area contributed by atoms with Gasteiger partial charge in [0.25, 0.3) is 0 Å². The molecule has 3 heteroatoms. The van der Waals surface area contributed by atoms with Crippen LogP contribution in [0.1, 0.15) is 56.1 Å². The summed E-state index contributed by atoms with van der Waals surface area (Å²) in [4.78, 5) is 11.7.